The first kappa shape index (κ1) is 16.1. The fourth-order valence-corrected chi connectivity index (χ4v) is 2.45. The van der Waals surface area contributed by atoms with E-state index in [9.17, 15) is 9.90 Å². The zero-order valence-corrected chi connectivity index (χ0v) is 12.9. The molecule has 0 heterocycles. The number of carbonyl (C=O) groups is 1. The molecule has 0 saturated heterocycles. The Hall–Kier alpha value is -2.29. The van der Waals surface area contributed by atoms with Crippen molar-refractivity contribution in [1.29, 1.82) is 0 Å². The third-order valence-corrected chi connectivity index (χ3v) is 3.62. The van der Waals surface area contributed by atoms with Crippen molar-refractivity contribution in [3.8, 4) is 5.75 Å². The highest BCUT2D eigenvalue weighted by Crippen LogP contribution is 2.20. The Kier molecular flexibility index (Phi) is 6.01. The summed E-state index contributed by atoms with van der Waals surface area (Å²) in [6.07, 6.45) is 2.12. The van der Waals surface area contributed by atoms with Crippen LogP contribution >= 0.6 is 0 Å². The second-order valence-electron chi connectivity index (χ2n) is 5.45. The van der Waals surface area contributed by atoms with Crippen LogP contribution in [0.15, 0.2) is 54.6 Å². The lowest BCUT2D eigenvalue weighted by Crippen LogP contribution is -2.16. The van der Waals surface area contributed by atoms with Crippen LogP contribution in [0.25, 0.3) is 0 Å². The third-order valence-electron chi connectivity index (χ3n) is 3.62. The van der Waals surface area contributed by atoms with Gasteiger partial charge in [-0.1, -0.05) is 55.8 Å². The second kappa shape index (κ2) is 8.23. The number of carboxylic acid groups (broad SMARTS) is 1. The summed E-state index contributed by atoms with van der Waals surface area (Å²) in [7, 11) is 0. The molecule has 0 amide bonds. The zero-order valence-electron chi connectivity index (χ0n) is 12.9. The Morgan fingerprint density at radius 3 is 2.50 bits per heavy atom. The Balaban J connectivity index is 1.98. The zero-order chi connectivity index (χ0) is 15.8. The quantitative estimate of drug-likeness (QED) is 0.790. The highest BCUT2D eigenvalue weighted by atomic mass is 16.5. The highest BCUT2D eigenvalue weighted by molar-refractivity contribution is 5.70. The minimum absolute atomic E-state index is 0.325. The topological polar surface area (TPSA) is 46.5 Å². The van der Waals surface area contributed by atoms with Gasteiger partial charge in [-0.25, -0.2) is 0 Å². The van der Waals surface area contributed by atoms with Gasteiger partial charge in [-0.05, 0) is 36.1 Å². The predicted octanol–water partition coefficient (Wildman–Crippen LogP) is 4.31. The van der Waals surface area contributed by atoms with Crippen molar-refractivity contribution in [3.05, 3.63) is 65.7 Å². The van der Waals surface area contributed by atoms with E-state index < -0.39 is 5.97 Å². The summed E-state index contributed by atoms with van der Waals surface area (Å²) in [4.78, 5) is 11.3. The van der Waals surface area contributed by atoms with E-state index in [1.54, 1.807) is 0 Å². The van der Waals surface area contributed by atoms with Gasteiger partial charge in [0.05, 0.1) is 5.92 Å². The number of ether oxygens (including phenoxy) is 1. The van der Waals surface area contributed by atoms with Gasteiger partial charge >= 0.3 is 5.97 Å². The number of rotatable bonds is 8. The molecule has 2 aromatic carbocycles. The third kappa shape index (κ3) is 4.92. The molecule has 0 aromatic heterocycles. The number of hydrogen-bond acceptors (Lipinski definition) is 2. The average Bonchev–Trinajstić information content (AvgIpc) is 2.54. The van der Waals surface area contributed by atoms with Crippen molar-refractivity contribution >= 4 is 5.97 Å². The molecular weight excluding hydrogens is 276 g/mol. The summed E-state index contributed by atoms with van der Waals surface area (Å²) in [5.74, 6) is -0.270. The maximum absolute atomic E-state index is 11.3. The normalized spacial score (nSPS) is 11.9. The summed E-state index contributed by atoms with van der Waals surface area (Å²) in [5, 5.41) is 9.26. The van der Waals surface area contributed by atoms with Gasteiger partial charge < -0.3 is 9.84 Å². The van der Waals surface area contributed by atoms with Crippen LogP contribution in [0.4, 0.5) is 0 Å². The smallest absolute Gasteiger partial charge is 0.306 e. The second-order valence-corrected chi connectivity index (χ2v) is 5.45. The molecule has 0 saturated carbocycles. The molecule has 1 unspecified atom stereocenters. The van der Waals surface area contributed by atoms with Crippen molar-refractivity contribution in [2.45, 2.75) is 32.8 Å². The number of benzene rings is 2. The number of carboxylic acids is 1. The van der Waals surface area contributed by atoms with E-state index in [1.807, 2.05) is 61.5 Å². The lowest BCUT2D eigenvalue weighted by atomic mass is 9.95. The lowest BCUT2D eigenvalue weighted by molar-refractivity contribution is -0.141. The van der Waals surface area contributed by atoms with E-state index in [2.05, 4.69) is 0 Å². The van der Waals surface area contributed by atoms with Crippen LogP contribution in [0.1, 0.15) is 30.9 Å². The lowest BCUT2D eigenvalue weighted by Gasteiger charge is -2.12. The predicted molar refractivity (Wildman–Crippen MR) is 87.0 cm³/mol. The fraction of sp³-hybridized carbons (Fsp3) is 0.316. The Bertz CT molecular complexity index is 593. The molecule has 0 aliphatic rings. The van der Waals surface area contributed by atoms with Gasteiger partial charge in [0.25, 0.3) is 0 Å². The largest absolute Gasteiger partial charge is 0.489 e. The van der Waals surface area contributed by atoms with Crippen LogP contribution < -0.4 is 4.74 Å². The van der Waals surface area contributed by atoms with E-state index in [4.69, 9.17) is 4.74 Å². The molecule has 3 heteroatoms. The first-order valence-electron chi connectivity index (χ1n) is 7.67. The van der Waals surface area contributed by atoms with Gasteiger partial charge in [-0.2, -0.15) is 0 Å². The van der Waals surface area contributed by atoms with E-state index in [0.29, 0.717) is 19.4 Å². The van der Waals surface area contributed by atoms with Crippen molar-refractivity contribution in [3.63, 3.8) is 0 Å². The molecule has 0 bridgehead atoms. The van der Waals surface area contributed by atoms with Gasteiger partial charge in [-0.15, -0.1) is 0 Å². The van der Waals surface area contributed by atoms with Gasteiger partial charge in [0.15, 0.2) is 0 Å². The summed E-state index contributed by atoms with van der Waals surface area (Å²) >= 11 is 0. The molecule has 116 valence electrons. The molecule has 0 aliphatic carbocycles. The Morgan fingerprint density at radius 2 is 1.82 bits per heavy atom. The van der Waals surface area contributed by atoms with Gasteiger partial charge in [0, 0.05) is 0 Å². The Labute approximate surface area is 131 Å². The SMILES string of the molecule is CCCC(Cc1cccc(OCc2ccccc2)c1)C(=O)O. The average molecular weight is 298 g/mol. The first-order valence-corrected chi connectivity index (χ1v) is 7.67. The minimum Gasteiger partial charge on any atom is -0.489 e. The summed E-state index contributed by atoms with van der Waals surface area (Å²) in [5.41, 5.74) is 2.12. The molecular formula is C19H22O3. The van der Waals surface area contributed by atoms with E-state index >= 15 is 0 Å². The summed E-state index contributed by atoms with van der Waals surface area (Å²) in [6, 6.07) is 17.7. The van der Waals surface area contributed by atoms with Crippen LogP contribution in [0.3, 0.4) is 0 Å². The van der Waals surface area contributed by atoms with Crippen molar-refractivity contribution in [2.24, 2.45) is 5.92 Å². The molecule has 0 fully saturated rings. The molecule has 3 nitrogen and oxygen atoms in total. The van der Waals surface area contributed by atoms with E-state index in [-0.39, 0.29) is 5.92 Å². The molecule has 0 radical (unpaired) electrons. The van der Waals surface area contributed by atoms with E-state index in [0.717, 1.165) is 23.3 Å². The Morgan fingerprint density at radius 1 is 1.09 bits per heavy atom. The number of aliphatic carboxylic acids is 1. The summed E-state index contributed by atoms with van der Waals surface area (Å²) < 4.78 is 5.79. The van der Waals surface area contributed by atoms with Gasteiger partial charge in [0.2, 0.25) is 0 Å². The fourth-order valence-electron chi connectivity index (χ4n) is 2.45. The maximum Gasteiger partial charge on any atom is 0.306 e. The highest BCUT2D eigenvalue weighted by Gasteiger charge is 2.17. The molecule has 0 spiro atoms. The molecule has 2 rings (SSSR count). The summed E-state index contributed by atoms with van der Waals surface area (Å²) in [6.45, 7) is 2.52. The number of hydrogen-bond donors (Lipinski definition) is 1. The van der Waals surface area contributed by atoms with Crippen molar-refractivity contribution in [1.82, 2.24) is 0 Å². The minimum atomic E-state index is -0.725. The van der Waals surface area contributed by atoms with Crippen molar-refractivity contribution < 1.29 is 14.6 Å². The van der Waals surface area contributed by atoms with E-state index in [1.165, 1.54) is 0 Å². The van der Waals surface area contributed by atoms with Crippen LogP contribution in [-0.2, 0) is 17.8 Å². The van der Waals surface area contributed by atoms with Crippen LogP contribution in [0, 0.1) is 5.92 Å². The standard InChI is InChI=1S/C19H22O3/c1-2-7-17(19(20)21)12-16-10-6-11-18(13-16)22-14-15-8-4-3-5-9-15/h3-6,8-11,13,17H,2,7,12,14H2,1H3,(H,20,21). The van der Waals surface area contributed by atoms with Crippen LogP contribution in [0.5, 0.6) is 5.75 Å². The van der Waals surface area contributed by atoms with Crippen molar-refractivity contribution in [2.75, 3.05) is 0 Å². The molecule has 1 N–H and O–H groups in total. The first-order chi connectivity index (χ1) is 10.7. The van der Waals surface area contributed by atoms with Gasteiger partial charge in [0.1, 0.15) is 12.4 Å². The van der Waals surface area contributed by atoms with Crippen LogP contribution in [0.2, 0.25) is 0 Å². The molecule has 0 aliphatic heterocycles. The van der Waals surface area contributed by atoms with Gasteiger partial charge in [-0.3, -0.25) is 4.79 Å². The maximum atomic E-state index is 11.3. The molecule has 22 heavy (non-hydrogen) atoms. The molecule has 2 aromatic rings. The van der Waals surface area contributed by atoms with Crippen LogP contribution in [-0.4, -0.2) is 11.1 Å². The molecule has 1 atom stereocenters. The monoisotopic (exact) mass is 298 g/mol.